The number of hydrogen-bond acceptors (Lipinski definition) is 5. The maximum Gasteiger partial charge on any atom is 0.335 e. The summed E-state index contributed by atoms with van der Waals surface area (Å²) in [5.74, 6) is -1.93. The third kappa shape index (κ3) is 5.96. The van der Waals surface area contributed by atoms with E-state index in [4.69, 9.17) is 19.3 Å². The summed E-state index contributed by atoms with van der Waals surface area (Å²) in [4.78, 5) is 10.7. The van der Waals surface area contributed by atoms with Crippen molar-refractivity contribution in [3.63, 3.8) is 0 Å². The Morgan fingerprint density at radius 2 is 2.05 bits per heavy atom. The molecule has 7 heteroatoms. The maximum absolute atomic E-state index is 13.2. The minimum atomic E-state index is -1.25. The van der Waals surface area contributed by atoms with Crippen LogP contribution in [0.1, 0.15) is 10.4 Å². The topological polar surface area (TPSA) is 85.2 Å². The number of hydrogen-bond donors (Lipinski definition) is 2. The number of benzene rings is 1. The molecule has 112 valence electrons. The van der Waals surface area contributed by atoms with Gasteiger partial charge in [-0.2, -0.15) is 0 Å². The third-order valence-electron chi connectivity index (χ3n) is 2.30. The molecule has 2 N–H and O–H groups in total. The second-order valence-corrected chi connectivity index (χ2v) is 4.01. The Hall–Kier alpha value is -1.70. The van der Waals surface area contributed by atoms with Crippen molar-refractivity contribution >= 4 is 5.97 Å². The Morgan fingerprint density at radius 3 is 2.70 bits per heavy atom. The molecule has 0 spiro atoms. The number of rotatable bonds is 9. The average Bonchev–Trinajstić information content (AvgIpc) is 2.40. The second kappa shape index (κ2) is 8.47. The van der Waals surface area contributed by atoms with Crippen molar-refractivity contribution in [2.45, 2.75) is 6.10 Å². The van der Waals surface area contributed by atoms with Gasteiger partial charge >= 0.3 is 5.97 Å². The second-order valence-electron chi connectivity index (χ2n) is 4.01. The van der Waals surface area contributed by atoms with Crippen molar-refractivity contribution in [2.75, 3.05) is 33.5 Å². The lowest BCUT2D eigenvalue weighted by Gasteiger charge is -2.13. The molecule has 0 aliphatic heterocycles. The number of aromatic carboxylic acids is 1. The Labute approximate surface area is 115 Å². The summed E-state index contributed by atoms with van der Waals surface area (Å²) in [5.41, 5.74) is -0.217. The lowest BCUT2D eigenvalue weighted by molar-refractivity contribution is -0.00424. The van der Waals surface area contributed by atoms with Crippen LogP contribution in [0.3, 0.4) is 0 Å². The van der Waals surface area contributed by atoms with Crippen LogP contribution in [-0.2, 0) is 9.47 Å². The molecule has 6 nitrogen and oxygen atoms in total. The maximum atomic E-state index is 13.2. The Kier molecular flexibility index (Phi) is 6.92. The van der Waals surface area contributed by atoms with Gasteiger partial charge < -0.3 is 24.4 Å². The molecule has 0 saturated heterocycles. The summed E-state index contributed by atoms with van der Waals surface area (Å²) in [5, 5.41) is 18.3. The summed E-state index contributed by atoms with van der Waals surface area (Å²) in [6.07, 6.45) is -0.900. The molecule has 1 aromatic rings. The number of carboxylic acid groups (broad SMARTS) is 1. The highest BCUT2D eigenvalue weighted by atomic mass is 19.1. The van der Waals surface area contributed by atoms with Crippen LogP contribution in [0.5, 0.6) is 5.75 Å². The first-order valence-electron chi connectivity index (χ1n) is 5.94. The Balaban J connectivity index is 2.42. The van der Waals surface area contributed by atoms with Crippen LogP contribution in [0, 0.1) is 5.82 Å². The van der Waals surface area contributed by atoms with E-state index in [1.54, 1.807) is 0 Å². The number of halogens is 1. The standard InChI is InChI=1S/C13H17FO6/c1-18-2-3-19-7-11(15)8-20-12-5-9(13(16)17)4-10(14)6-12/h4-6,11,15H,2-3,7-8H2,1H3,(H,16,17). The number of methoxy groups -OCH3 is 1. The highest BCUT2D eigenvalue weighted by Crippen LogP contribution is 2.16. The lowest BCUT2D eigenvalue weighted by atomic mass is 10.2. The molecule has 1 rings (SSSR count). The zero-order valence-electron chi connectivity index (χ0n) is 11.0. The smallest absolute Gasteiger partial charge is 0.335 e. The molecule has 0 aliphatic rings. The van der Waals surface area contributed by atoms with Gasteiger partial charge in [-0.05, 0) is 12.1 Å². The molecular weight excluding hydrogens is 271 g/mol. The van der Waals surface area contributed by atoms with Gasteiger partial charge in [0, 0.05) is 13.2 Å². The van der Waals surface area contributed by atoms with Crippen LogP contribution < -0.4 is 4.74 Å². The van der Waals surface area contributed by atoms with Gasteiger partial charge in [0.2, 0.25) is 0 Å². The predicted molar refractivity (Wildman–Crippen MR) is 67.6 cm³/mol. The van der Waals surface area contributed by atoms with Crippen molar-refractivity contribution in [3.8, 4) is 5.75 Å². The van der Waals surface area contributed by atoms with E-state index >= 15 is 0 Å². The van der Waals surface area contributed by atoms with Crippen molar-refractivity contribution < 1.29 is 33.6 Å². The van der Waals surface area contributed by atoms with E-state index in [1.165, 1.54) is 13.2 Å². The van der Waals surface area contributed by atoms with Gasteiger partial charge in [-0.3, -0.25) is 0 Å². The summed E-state index contributed by atoms with van der Waals surface area (Å²) in [7, 11) is 1.53. The van der Waals surface area contributed by atoms with Crippen molar-refractivity contribution in [3.05, 3.63) is 29.6 Å². The SMILES string of the molecule is COCCOCC(O)COc1cc(F)cc(C(=O)O)c1. The average molecular weight is 288 g/mol. The van der Waals surface area contributed by atoms with Gasteiger partial charge in [0.05, 0.1) is 25.4 Å². The summed E-state index contributed by atoms with van der Waals surface area (Å²) < 4.78 is 28.1. The van der Waals surface area contributed by atoms with Gasteiger partial charge in [-0.25, -0.2) is 9.18 Å². The molecule has 1 aromatic carbocycles. The van der Waals surface area contributed by atoms with Crippen LogP contribution >= 0.6 is 0 Å². The third-order valence-corrected chi connectivity index (χ3v) is 2.30. The fraction of sp³-hybridized carbons (Fsp3) is 0.462. The monoisotopic (exact) mass is 288 g/mol. The largest absolute Gasteiger partial charge is 0.491 e. The Bertz CT molecular complexity index is 437. The molecule has 1 atom stereocenters. The quantitative estimate of drug-likeness (QED) is 0.657. The van der Waals surface area contributed by atoms with Crippen LogP contribution in [0.4, 0.5) is 4.39 Å². The lowest BCUT2D eigenvalue weighted by Crippen LogP contribution is -2.24. The van der Waals surface area contributed by atoms with Crippen molar-refractivity contribution in [1.29, 1.82) is 0 Å². The first-order chi connectivity index (χ1) is 9.52. The van der Waals surface area contributed by atoms with Crippen molar-refractivity contribution in [1.82, 2.24) is 0 Å². The van der Waals surface area contributed by atoms with Gasteiger partial charge in [-0.1, -0.05) is 0 Å². The zero-order chi connectivity index (χ0) is 15.0. The minimum Gasteiger partial charge on any atom is -0.491 e. The number of carbonyl (C=O) groups is 1. The predicted octanol–water partition coefficient (Wildman–Crippen LogP) is 0.927. The fourth-order valence-electron chi connectivity index (χ4n) is 1.37. The molecule has 20 heavy (non-hydrogen) atoms. The van der Waals surface area contributed by atoms with E-state index in [0.29, 0.717) is 13.2 Å². The van der Waals surface area contributed by atoms with E-state index in [2.05, 4.69) is 0 Å². The first kappa shape index (κ1) is 16.4. The molecule has 0 heterocycles. The molecule has 0 amide bonds. The van der Waals surface area contributed by atoms with E-state index in [-0.39, 0.29) is 24.5 Å². The number of aliphatic hydroxyl groups is 1. The van der Waals surface area contributed by atoms with Crippen LogP contribution in [0.15, 0.2) is 18.2 Å². The van der Waals surface area contributed by atoms with E-state index in [0.717, 1.165) is 12.1 Å². The van der Waals surface area contributed by atoms with E-state index in [9.17, 15) is 14.3 Å². The van der Waals surface area contributed by atoms with E-state index in [1.807, 2.05) is 0 Å². The fourth-order valence-corrected chi connectivity index (χ4v) is 1.37. The van der Waals surface area contributed by atoms with Crippen LogP contribution in [0.2, 0.25) is 0 Å². The summed E-state index contributed by atoms with van der Waals surface area (Å²) in [6, 6.07) is 3.12. The molecule has 0 radical (unpaired) electrons. The normalized spacial score (nSPS) is 12.2. The highest BCUT2D eigenvalue weighted by Gasteiger charge is 2.10. The van der Waals surface area contributed by atoms with E-state index < -0.39 is 17.9 Å². The molecule has 0 aromatic heterocycles. The highest BCUT2D eigenvalue weighted by molar-refractivity contribution is 5.88. The number of ether oxygens (including phenoxy) is 3. The molecular formula is C13H17FO6. The van der Waals surface area contributed by atoms with Crippen LogP contribution in [-0.4, -0.2) is 55.8 Å². The molecule has 0 aliphatic carbocycles. The molecule has 0 saturated carbocycles. The van der Waals surface area contributed by atoms with Crippen LogP contribution in [0.25, 0.3) is 0 Å². The van der Waals surface area contributed by atoms with Gasteiger partial charge in [0.15, 0.2) is 0 Å². The van der Waals surface area contributed by atoms with Gasteiger partial charge in [-0.15, -0.1) is 0 Å². The molecule has 1 unspecified atom stereocenters. The van der Waals surface area contributed by atoms with Gasteiger partial charge in [0.1, 0.15) is 24.3 Å². The van der Waals surface area contributed by atoms with Crippen molar-refractivity contribution in [2.24, 2.45) is 0 Å². The summed E-state index contributed by atoms with van der Waals surface area (Å²) >= 11 is 0. The first-order valence-corrected chi connectivity index (χ1v) is 5.94. The number of aliphatic hydroxyl groups excluding tert-OH is 1. The Morgan fingerprint density at radius 1 is 1.30 bits per heavy atom. The minimum absolute atomic E-state index is 0.0401. The summed E-state index contributed by atoms with van der Waals surface area (Å²) in [6.45, 7) is 0.677. The number of carboxylic acids is 1. The van der Waals surface area contributed by atoms with Gasteiger partial charge in [0.25, 0.3) is 0 Å². The molecule has 0 bridgehead atoms. The molecule has 0 fully saturated rings. The zero-order valence-corrected chi connectivity index (χ0v) is 11.0.